The molecular weight excluding hydrogens is 259 g/mol. The van der Waals surface area contributed by atoms with Gasteiger partial charge in [-0.15, -0.1) is 0 Å². The predicted octanol–water partition coefficient (Wildman–Crippen LogP) is 1.01. The second kappa shape index (κ2) is 5.92. The summed E-state index contributed by atoms with van der Waals surface area (Å²) in [5.74, 6) is -0.704. The molecule has 0 saturated carbocycles. The Morgan fingerprint density at radius 2 is 2.06 bits per heavy atom. The van der Waals surface area contributed by atoms with E-state index in [4.69, 9.17) is 0 Å². The normalized spacial score (nSPS) is 11.3. The number of amides is 1. The number of carbonyl (C=O) groups excluding carboxylic acids is 1. The smallest absolute Gasteiger partial charge is 0.225 e. The van der Waals surface area contributed by atoms with Crippen LogP contribution in [0.3, 0.4) is 0 Å². The van der Waals surface area contributed by atoms with Crippen LogP contribution in [0.25, 0.3) is 0 Å². The topological polar surface area (TPSA) is 75.3 Å². The summed E-state index contributed by atoms with van der Waals surface area (Å²) < 4.78 is 36.6. The van der Waals surface area contributed by atoms with Gasteiger partial charge in [-0.3, -0.25) is 4.79 Å². The number of benzene rings is 1. The number of halogens is 1. The minimum absolute atomic E-state index is 0.0177. The molecule has 0 aliphatic heterocycles. The lowest BCUT2D eigenvalue weighted by molar-refractivity contribution is -0.116. The van der Waals surface area contributed by atoms with Gasteiger partial charge in [-0.2, -0.15) is 0 Å². The highest BCUT2D eigenvalue weighted by atomic mass is 32.2. The van der Waals surface area contributed by atoms with Gasteiger partial charge in [-0.05, 0) is 30.7 Å². The van der Waals surface area contributed by atoms with Crippen LogP contribution >= 0.6 is 0 Å². The van der Waals surface area contributed by atoms with Crippen molar-refractivity contribution < 1.29 is 17.6 Å². The molecule has 5 nitrogen and oxygen atoms in total. The van der Waals surface area contributed by atoms with Gasteiger partial charge in [-0.25, -0.2) is 17.5 Å². The van der Waals surface area contributed by atoms with E-state index in [9.17, 15) is 17.6 Å². The molecule has 0 heterocycles. The van der Waals surface area contributed by atoms with Gasteiger partial charge in [0.1, 0.15) is 5.82 Å². The average molecular weight is 274 g/mol. The van der Waals surface area contributed by atoms with Crippen LogP contribution in [-0.4, -0.2) is 27.1 Å². The third-order valence-electron chi connectivity index (χ3n) is 2.18. The number of anilines is 1. The summed E-state index contributed by atoms with van der Waals surface area (Å²) in [7, 11) is -3.29. The number of aryl methyl sites for hydroxylation is 1. The van der Waals surface area contributed by atoms with Crippen molar-refractivity contribution in [3.05, 3.63) is 29.6 Å². The minimum Gasteiger partial charge on any atom is -0.326 e. The summed E-state index contributed by atoms with van der Waals surface area (Å²) in [5, 5.41) is 2.58. The van der Waals surface area contributed by atoms with Gasteiger partial charge in [0, 0.05) is 18.7 Å². The highest BCUT2D eigenvalue weighted by molar-refractivity contribution is 7.88. The fourth-order valence-corrected chi connectivity index (χ4v) is 1.80. The largest absolute Gasteiger partial charge is 0.326 e. The van der Waals surface area contributed by atoms with Crippen LogP contribution in [-0.2, 0) is 14.8 Å². The molecule has 0 saturated heterocycles. The Bertz CT molecular complexity index is 543. The molecule has 18 heavy (non-hydrogen) atoms. The van der Waals surface area contributed by atoms with Crippen molar-refractivity contribution in [2.24, 2.45) is 0 Å². The van der Waals surface area contributed by atoms with Crippen LogP contribution in [0.2, 0.25) is 0 Å². The molecule has 1 aromatic rings. The maximum Gasteiger partial charge on any atom is 0.225 e. The molecule has 1 aromatic carbocycles. The van der Waals surface area contributed by atoms with Gasteiger partial charge in [0.25, 0.3) is 0 Å². The van der Waals surface area contributed by atoms with E-state index in [1.807, 2.05) is 0 Å². The molecular formula is C11H15FN2O3S. The van der Waals surface area contributed by atoms with Gasteiger partial charge < -0.3 is 5.32 Å². The zero-order chi connectivity index (χ0) is 13.8. The molecule has 0 radical (unpaired) electrons. The van der Waals surface area contributed by atoms with Crippen molar-refractivity contribution in [2.45, 2.75) is 13.3 Å². The van der Waals surface area contributed by atoms with Crippen molar-refractivity contribution in [2.75, 3.05) is 18.1 Å². The Labute approximate surface area is 105 Å². The quantitative estimate of drug-likeness (QED) is 0.841. The molecule has 0 spiro atoms. The van der Waals surface area contributed by atoms with E-state index in [0.29, 0.717) is 11.3 Å². The van der Waals surface area contributed by atoms with Crippen molar-refractivity contribution in [1.29, 1.82) is 0 Å². The van der Waals surface area contributed by atoms with Crippen LogP contribution in [0.1, 0.15) is 12.0 Å². The van der Waals surface area contributed by atoms with Crippen molar-refractivity contribution in [3.8, 4) is 0 Å². The van der Waals surface area contributed by atoms with Crippen LogP contribution in [0.4, 0.5) is 10.1 Å². The number of sulfonamides is 1. The van der Waals surface area contributed by atoms with E-state index >= 15 is 0 Å². The fourth-order valence-electron chi connectivity index (χ4n) is 1.33. The summed E-state index contributed by atoms with van der Waals surface area (Å²) in [6.07, 6.45) is 1.04. The Morgan fingerprint density at radius 1 is 1.39 bits per heavy atom. The first-order chi connectivity index (χ1) is 8.28. The third-order valence-corrected chi connectivity index (χ3v) is 2.91. The van der Waals surface area contributed by atoms with E-state index < -0.39 is 10.0 Å². The second-order valence-electron chi connectivity index (χ2n) is 3.92. The molecule has 0 aromatic heterocycles. The van der Waals surface area contributed by atoms with E-state index in [-0.39, 0.29) is 24.7 Å². The van der Waals surface area contributed by atoms with Crippen LogP contribution in [0.15, 0.2) is 18.2 Å². The van der Waals surface area contributed by atoms with Crippen LogP contribution in [0.5, 0.6) is 0 Å². The number of nitrogens with one attached hydrogen (secondary N) is 2. The van der Waals surface area contributed by atoms with Gasteiger partial charge in [0.2, 0.25) is 15.9 Å². The molecule has 0 bridgehead atoms. The summed E-state index contributed by atoms with van der Waals surface area (Å²) in [5.41, 5.74) is 1.13. The SMILES string of the molecule is Cc1cc(F)ccc1NC(=O)CCNS(C)(=O)=O. The average Bonchev–Trinajstić information content (AvgIpc) is 2.20. The van der Waals surface area contributed by atoms with E-state index in [1.165, 1.54) is 18.2 Å². The number of hydrogen-bond donors (Lipinski definition) is 2. The summed E-state index contributed by atoms with van der Waals surface area (Å²) >= 11 is 0. The number of hydrogen-bond acceptors (Lipinski definition) is 3. The highest BCUT2D eigenvalue weighted by Gasteiger charge is 2.07. The van der Waals surface area contributed by atoms with E-state index in [2.05, 4.69) is 10.0 Å². The summed E-state index contributed by atoms with van der Waals surface area (Å²) in [6.45, 7) is 1.71. The van der Waals surface area contributed by atoms with Crippen LogP contribution in [0, 0.1) is 12.7 Å². The maximum atomic E-state index is 12.8. The van der Waals surface area contributed by atoms with E-state index in [1.54, 1.807) is 6.92 Å². The molecule has 1 rings (SSSR count). The fraction of sp³-hybridized carbons (Fsp3) is 0.364. The molecule has 100 valence electrons. The summed E-state index contributed by atoms with van der Waals surface area (Å²) in [4.78, 5) is 11.5. The standard InChI is InChI=1S/C11H15FN2O3S/c1-8-7-9(12)3-4-10(8)14-11(15)5-6-13-18(2,16)17/h3-4,7,13H,5-6H2,1-2H3,(H,14,15). The lowest BCUT2D eigenvalue weighted by Gasteiger charge is -2.08. The first kappa shape index (κ1) is 14.6. The Balaban J connectivity index is 2.50. The van der Waals surface area contributed by atoms with Crippen molar-refractivity contribution in [1.82, 2.24) is 4.72 Å². The third kappa shape index (κ3) is 5.24. The molecule has 7 heteroatoms. The molecule has 0 aliphatic rings. The Kier molecular flexibility index (Phi) is 4.80. The lowest BCUT2D eigenvalue weighted by Crippen LogP contribution is -2.26. The monoisotopic (exact) mass is 274 g/mol. The molecule has 2 N–H and O–H groups in total. The van der Waals surface area contributed by atoms with Gasteiger partial charge in [0.05, 0.1) is 6.26 Å². The molecule has 1 amide bonds. The van der Waals surface area contributed by atoms with Crippen LogP contribution < -0.4 is 10.0 Å². The van der Waals surface area contributed by atoms with Crippen molar-refractivity contribution >= 4 is 21.6 Å². The second-order valence-corrected chi connectivity index (χ2v) is 5.76. The predicted molar refractivity (Wildman–Crippen MR) is 67.2 cm³/mol. The Hall–Kier alpha value is -1.47. The minimum atomic E-state index is -3.29. The molecule has 0 unspecified atom stereocenters. The zero-order valence-corrected chi connectivity index (χ0v) is 11.0. The van der Waals surface area contributed by atoms with Crippen molar-refractivity contribution in [3.63, 3.8) is 0 Å². The number of carbonyl (C=O) groups is 1. The van der Waals surface area contributed by atoms with Gasteiger partial charge in [-0.1, -0.05) is 0 Å². The zero-order valence-electron chi connectivity index (χ0n) is 10.2. The lowest BCUT2D eigenvalue weighted by atomic mass is 10.2. The molecule has 0 atom stereocenters. The van der Waals surface area contributed by atoms with Gasteiger partial charge in [0.15, 0.2) is 0 Å². The first-order valence-electron chi connectivity index (χ1n) is 5.28. The van der Waals surface area contributed by atoms with E-state index in [0.717, 1.165) is 6.26 Å². The maximum absolute atomic E-state index is 12.8. The summed E-state index contributed by atoms with van der Waals surface area (Å²) in [6, 6.07) is 4.02. The van der Waals surface area contributed by atoms with Gasteiger partial charge >= 0.3 is 0 Å². The number of rotatable bonds is 5. The Morgan fingerprint density at radius 3 is 2.61 bits per heavy atom. The molecule has 0 fully saturated rings. The highest BCUT2D eigenvalue weighted by Crippen LogP contribution is 2.15. The first-order valence-corrected chi connectivity index (χ1v) is 7.18. The molecule has 0 aliphatic carbocycles.